The third-order valence-corrected chi connectivity index (χ3v) is 4.04. The fraction of sp³-hybridized carbons (Fsp3) is 0.118. The SMILES string of the molecule is C/C(=N\NC(=O)Cn1nnc(-c2ccccc2)n1)c1cc(Cl)cc(Cl)c1O. The molecule has 1 aromatic heterocycles. The molecule has 3 rings (SSSR count). The summed E-state index contributed by atoms with van der Waals surface area (Å²) in [5.74, 6) is -0.206. The largest absolute Gasteiger partial charge is 0.506 e. The van der Waals surface area contributed by atoms with Crippen molar-refractivity contribution in [2.24, 2.45) is 5.10 Å². The molecule has 0 saturated carbocycles. The molecule has 2 aromatic carbocycles. The Morgan fingerprint density at radius 3 is 2.74 bits per heavy atom. The van der Waals surface area contributed by atoms with Crippen molar-refractivity contribution in [2.75, 3.05) is 0 Å². The number of hydrogen-bond acceptors (Lipinski definition) is 6. The molecule has 1 amide bonds. The number of nitrogens with zero attached hydrogens (tertiary/aromatic N) is 5. The minimum Gasteiger partial charge on any atom is -0.506 e. The Labute approximate surface area is 164 Å². The van der Waals surface area contributed by atoms with Crippen LogP contribution in [0.5, 0.6) is 5.75 Å². The quantitative estimate of drug-likeness (QED) is 0.502. The van der Waals surface area contributed by atoms with Crippen LogP contribution in [0.2, 0.25) is 10.0 Å². The molecule has 3 aromatic rings. The second kappa shape index (κ2) is 8.15. The molecule has 0 fully saturated rings. The first kappa shape index (κ1) is 18.8. The predicted octanol–water partition coefficient (Wildman–Crippen LogP) is 2.89. The molecule has 0 aliphatic heterocycles. The van der Waals surface area contributed by atoms with E-state index in [0.29, 0.717) is 22.1 Å². The smallest absolute Gasteiger partial charge is 0.263 e. The zero-order valence-electron chi connectivity index (χ0n) is 14.1. The summed E-state index contributed by atoms with van der Waals surface area (Å²) in [5, 5.41) is 26.3. The Hall–Kier alpha value is -2.97. The normalized spacial score (nSPS) is 11.4. The zero-order chi connectivity index (χ0) is 19.4. The van der Waals surface area contributed by atoms with E-state index in [1.807, 2.05) is 30.3 Å². The molecule has 0 radical (unpaired) electrons. The maximum absolute atomic E-state index is 12.1. The molecule has 0 aliphatic rings. The topological polar surface area (TPSA) is 105 Å². The maximum atomic E-state index is 12.1. The van der Waals surface area contributed by atoms with E-state index in [2.05, 4.69) is 25.9 Å². The van der Waals surface area contributed by atoms with Crippen molar-refractivity contribution in [3.05, 3.63) is 58.1 Å². The minimum atomic E-state index is -0.459. The summed E-state index contributed by atoms with van der Waals surface area (Å²) >= 11 is 11.8. The maximum Gasteiger partial charge on any atom is 0.263 e. The number of hydrogen-bond donors (Lipinski definition) is 2. The number of halogens is 2. The van der Waals surface area contributed by atoms with E-state index in [1.54, 1.807) is 6.92 Å². The van der Waals surface area contributed by atoms with Crippen molar-refractivity contribution in [3.8, 4) is 17.1 Å². The van der Waals surface area contributed by atoms with Gasteiger partial charge in [-0.2, -0.15) is 9.90 Å². The lowest BCUT2D eigenvalue weighted by atomic mass is 10.1. The van der Waals surface area contributed by atoms with Crippen LogP contribution in [0.25, 0.3) is 11.4 Å². The number of aromatic nitrogens is 4. The van der Waals surface area contributed by atoms with Gasteiger partial charge in [-0.15, -0.1) is 10.2 Å². The number of nitrogens with one attached hydrogen (secondary N) is 1. The number of amides is 1. The zero-order valence-corrected chi connectivity index (χ0v) is 15.6. The lowest BCUT2D eigenvalue weighted by Gasteiger charge is -2.07. The molecule has 10 heteroatoms. The number of rotatable bonds is 5. The summed E-state index contributed by atoms with van der Waals surface area (Å²) in [7, 11) is 0. The fourth-order valence-corrected chi connectivity index (χ4v) is 2.72. The number of benzene rings is 2. The van der Waals surface area contributed by atoms with Crippen molar-refractivity contribution in [3.63, 3.8) is 0 Å². The predicted molar refractivity (Wildman–Crippen MR) is 102 cm³/mol. The van der Waals surface area contributed by atoms with Crippen LogP contribution in [-0.4, -0.2) is 36.9 Å². The van der Waals surface area contributed by atoms with Gasteiger partial charge >= 0.3 is 0 Å². The second-order valence-electron chi connectivity index (χ2n) is 5.53. The Morgan fingerprint density at radius 1 is 1.26 bits per heavy atom. The van der Waals surface area contributed by atoms with Gasteiger partial charge in [0.25, 0.3) is 5.91 Å². The molecule has 8 nitrogen and oxygen atoms in total. The number of phenolic OH excluding ortho intramolecular Hbond substituents is 1. The van der Waals surface area contributed by atoms with E-state index in [4.69, 9.17) is 23.2 Å². The van der Waals surface area contributed by atoms with E-state index in [0.717, 1.165) is 10.4 Å². The van der Waals surface area contributed by atoms with Crippen molar-refractivity contribution in [1.82, 2.24) is 25.6 Å². The molecule has 2 N–H and O–H groups in total. The highest BCUT2D eigenvalue weighted by Crippen LogP contribution is 2.31. The molecular weight excluding hydrogens is 391 g/mol. The van der Waals surface area contributed by atoms with Crippen molar-refractivity contribution in [1.29, 1.82) is 0 Å². The van der Waals surface area contributed by atoms with Gasteiger partial charge in [-0.3, -0.25) is 4.79 Å². The molecule has 27 heavy (non-hydrogen) atoms. The Bertz CT molecular complexity index is 1000. The molecule has 0 bridgehead atoms. The van der Waals surface area contributed by atoms with Crippen LogP contribution in [0.4, 0.5) is 0 Å². The highest BCUT2D eigenvalue weighted by molar-refractivity contribution is 6.36. The number of tetrazole rings is 1. The summed E-state index contributed by atoms with van der Waals surface area (Å²) in [4.78, 5) is 13.2. The summed E-state index contributed by atoms with van der Waals surface area (Å²) in [6.45, 7) is 1.43. The van der Waals surface area contributed by atoms with Gasteiger partial charge in [0, 0.05) is 16.1 Å². The van der Waals surface area contributed by atoms with E-state index >= 15 is 0 Å². The van der Waals surface area contributed by atoms with Crippen LogP contribution in [0.15, 0.2) is 47.6 Å². The van der Waals surface area contributed by atoms with Gasteiger partial charge in [0.05, 0.1) is 10.7 Å². The van der Waals surface area contributed by atoms with Crippen molar-refractivity contribution in [2.45, 2.75) is 13.5 Å². The van der Waals surface area contributed by atoms with Crippen LogP contribution < -0.4 is 5.43 Å². The third kappa shape index (κ3) is 4.60. The van der Waals surface area contributed by atoms with Crippen molar-refractivity contribution >= 4 is 34.8 Å². The number of phenols is 1. The second-order valence-corrected chi connectivity index (χ2v) is 6.37. The van der Waals surface area contributed by atoms with Gasteiger partial charge in [0.15, 0.2) is 0 Å². The lowest BCUT2D eigenvalue weighted by Crippen LogP contribution is -2.25. The van der Waals surface area contributed by atoms with Crippen LogP contribution in [0.1, 0.15) is 12.5 Å². The first-order valence-electron chi connectivity index (χ1n) is 7.79. The molecule has 138 valence electrons. The number of carbonyl (C=O) groups is 1. The van der Waals surface area contributed by atoms with E-state index < -0.39 is 5.91 Å². The van der Waals surface area contributed by atoms with Crippen LogP contribution in [0.3, 0.4) is 0 Å². The Kier molecular flexibility index (Phi) is 5.68. The standard InChI is InChI=1S/C17H14Cl2N6O2/c1-10(13-7-12(18)8-14(19)16(13)27)20-21-15(26)9-25-23-17(22-24-25)11-5-3-2-4-6-11/h2-8,27H,9H2,1H3,(H,21,26)/b20-10+. The summed E-state index contributed by atoms with van der Waals surface area (Å²) in [6.07, 6.45) is 0. The summed E-state index contributed by atoms with van der Waals surface area (Å²) in [6, 6.07) is 12.2. The van der Waals surface area contributed by atoms with Crippen LogP contribution in [0, 0.1) is 0 Å². The van der Waals surface area contributed by atoms with Gasteiger partial charge in [-0.05, 0) is 24.3 Å². The number of aromatic hydroxyl groups is 1. The number of carbonyl (C=O) groups excluding carboxylic acids is 1. The van der Waals surface area contributed by atoms with Gasteiger partial charge in [0.1, 0.15) is 12.3 Å². The van der Waals surface area contributed by atoms with Crippen LogP contribution >= 0.6 is 23.2 Å². The average Bonchev–Trinajstić information content (AvgIpc) is 3.12. The van der Waals surface area contributed by atoms with Gasteiger partial charge in [-0.1, -0.05) is 53.5 Å². The average molecular weight is 405 g/mol. The first-order valence-corrected chi connectivity index (χ1v) is 8.54. The highest BCUT2D eigenvalue weighted by Gasteiger charge is 2.12. The van der Waals surface area contributed by atoms with Gasteiger partial charge in [-0.25, -0.2) is 5.43 Å². The first-order chi connectivity index (χ1) is 12.9. The van der Waals surface area contributed by atoms with E-state index in [9.17, 15) is 9.90 Å². The van der Waals surface area contributed by atoms with Gasteiger partial charge < -0.3 is 5.11 Å². The summed E-state index contributed by atoms with van der Waals surface area (Å²) < 4.78 is 0. The van der Waals surface area contributed by atoms with E-state index in [1.165, 1.54) is 12.1 Å². The molecule has 0 atom stereocenters. The molecule has 1 heterocycles. The Balaban J connectivity index is 1.66. The van der Waals surface area contributed by atoms with E-state index in [-0.39, 0.29) is 17.3 Å². The minimum absolute atomic E-state index is 0.0960. The Morgan fingerprint density at radius 2 is 2.00 bits per heavy atom. The van der Waals surface area contributed by atoms with Crippen molar-refractivity contribution < 1.29 is 9.90 Å². The fourth-order valence-electron chi connectivity index (χ4n) is 2.23. The van der Waals surface area contributed by atoms with Crippen LogP contribution in [-0.2, 0) is 11.3 Å². The number of hydrazone groups is 1. The van der Waals surface area contributed by atoms with Gasteiger partial charge in [0.2, 0.25) is 5.82 Å². The monoisotopic (exact) mass is 404 g/mol. The molecular formula is C17H14Cl2N6O2. The molecule has 0 aliphatic carbocycles. The lowest BCUT2D eigenvalue weighted by molar-refractivity contribution is -0.122. The third-order valence-electron chi connectivity index (χ3n) is 3.54. The molecule has 0 saturated heterocycles. The molecule has 0 unspecified atom stereocenters. The molecule has 0 spiro atoms. The highest BCUT2D eigenvalue weighted by atomic mass is 35.5. The summed E-state index contributed by atoms with van der Waals surface area (Å²) in [5.41, 5.74) is 3.82.